The van der Waals surface area contributed by atoms with E-state index in [0.717, 1.165) is 12.5 Å². The fraction of sp³-hybridized carbons (Fsp3) is 0.625. The Balaban J connectivity index is 1.94. The van der Waals surface area contributed by atoms with Gasteiger partial charge in [-0.25, -0.2) is 0 Å². The lowest BCUT2D eigenvalue weighted by Crippen LogP contribution is -2.49. The summed E-state index contributed by atoms with van der Waals surface area (Å²) < 4.78 is 0. The topological polar surface area (TPSA) is 15.3 Å². The van der Waals surface area contributed by atoms with Crippen LogP contribution in [0.2, 0.25) is 0 Å². The van der Waals surface area contributed by atoms with Crippen LogP contribution in [0.3, 0.4) is 0 Å². The molecule has 0 saturated carbocycles. The largest absolute Gasteiger partial charge is 0.313 e. The van der Waals surface area contributed by atoms with Crippen molar-refractivity contribution in [3.63, 3.8) is 0 Å². The van der Waals surface area contributed by atoms with Crippen molar-refractivity contribution in [3.05, 3.63) is 35.9 Å². The Bertz CT molecular complexity index is 336. The van der Waals surface area contributed by atoms with Crippen LogP contribution in [0.1, 0.15) is 25.8 Å². The molecule has 2 rings (SSSR count). The standard InChI is InChI=1S/C16H26N2/c1-3-17-16-11-15(12-18(4-2)13-16)10-14-8-6-5-7-9-14/h5-9,15-17H,3-4,10-13H2,1-2H3. The molecule has 18 heavy (non-hydrogen) atoms. The van der Waals surface area contributed by atoms with Gasteiger partial charge in [0.25, 0.3) is 0 Å². The molecule has 1 aliphatic rings. The minimum Gasteiger partial charge on any atom is -0.313 e. The predicted molar refractivity (Wildman–Crippen MR) is 77.8 cm³/mol. The summed E-state index contributed by atoms with van der Waals surface area (Å²) in [6, 6.07) is 11.6. The summed E-state index contributed by atoms with van der Waals surface area (Å²) in [5, 5.41) is 3.62. The molecule has 2 heteroatoms. The van der Waals surface area contributed by atoms with E-state index in [9.17, 15) is 0 Å². The molecule has 1 heterocycles. The van der Waals surface area contributed by atoms with Crippen molar-refractivity contribution in [1.82, 2.24) is 10.2 Å². The van der Waals surface area contributed by atoms with Crippen molar-refractivity contribution in [2.24, 2.45) is 5.92 Å². The lowest BCUT2D eigenvalue weighted by atomic mass is 9.88. The van der Waals surface area contributed by atoms with Gasteiger partial charge in [0.2, 0.25) is 0 Å². The number of nitrogens with one attached hydrogen (secondary N) is 1. The number of benzene rings is 1. The first-order chi connectivity index (χ1) is 8.81. The van der Waals surface area contributed by atoms with Gasteiger partial charge in [0, 0.05) is 19.1 Å². The van der Waals surface area contributed by atoms with Crippen molar-refractivity contribution in [1.29, 1.82) is 0 Å². The SMILES string of the molecule is CCNC1CC(Cc2ccccc2)CN(CC)C1. The van der Waals surface area contributed by atoms with Crippen LogP contribution in [0.15, 0.2) is 30.3 Å². The molecule has 1 aliphatic heterocycles. The van der Waals surface area contributed by atoms with E-state index in [-0.39, 0.29) is 0 Å². The van der Waals surface area contributed by atoms with Crippen molar-refractivity contribution in [3.8, 4) is 0 Å². The van der Waals surface area contributed by atoms with E-state index in [4.69, 9.17) is 0 Å². The first kappa shape index (κ1) is 13.6. The number of nitrogens with zero attached hydrogens (tertiary/aromatic N) is 1. The highest BCUT2D eigenvalue weighted by Gasteiger charge is 2.25. The Morgan fingerprint density at radius 1 is 1.17 bits per heavy atom. The number of hydrogen-bond donors (Lipinski definition) is 1. The third-order valence-corrected chi connectivity index (χ3v) is 3.92. The third-order valence-electron chi connectivity index (χ3n) is 3.92. The van der Waals surface area contributed by atoms with E-state index in [2.05, 4.69) is 54.4 Å². The fourth-order valence-electron chi connectivity index (χ4n) is 3.09. The second kappa shape index (κ2) is 6.91. The molecule has 1 saturated heterocycles. The maximum Gasteiger partial charge on any atom is 0.0198 e. The molecule has 1 fully saturated rings. The van der Waals surface area contributed by atoms with E-state index in [1.165, 1.54) is 38.0 Å². The summed E-state index contributed by atoms with van der Waals surface area (Å²) in [7, 11) is 0. The average Bonchev–Trinajstić information content (AvgIpc) is 2.40. The fourth-order valence-corrected chi connectivity index (χ4v) is 3.09. The smallest absolute Gasteiger partial charge is 0.0198 e. The highest BCUT2D eigenvalue weighted by Crippen LogP contribution is 2.21. The van der Waals surface area contributed by atoms with E-state index < -0.39 is 0 Å². The molecule has 100 valence electrons. The Kier molecular flexibility index (Phi) is 5.21. The zero-order valence-electron chi connectivity index (χ0n) is 11.7. The third kappa shape index (κ3) is 3.82. The first-order valence-corrected chi connectivity index (χ1v) is 7.31. The van der Waals surface area contributed by atoms with E-state index >= 15 is 0 Å². The molecule has 0 aliphatic carbocycles. The Morgan fingerprint density at radius 3 is 2.61 bits per heavy atom. The van der Waals surface area contributed by atoms with Gasteiger partial charge in [-0.2, -0.15) is 0 Å². The number of rotatable bonds is 5. The van der Waals surface area contributed by atoms with Gasteiger partial charge in [-0.1, -0.05) is 44.2 Å². The summed E-state index contributed by atoms with van der Waals surface area (Å²) in [5.41, 5.74) is 1.48. The second-order valence-electron chi connectivity index (χ2n) is 5.40. The van der Waals surface area contributed by atoms with Gasteiger partial charge in [-0.15, -0.1) is 0 Å². The van der Waals surface area contributed by atoms with Gasteiger partial charge in [0.15, 0.2) is 0 Å². The number of piperidine rings is 1. The molecule has 2 nitrogen and oxygen atoms in total. The first-order valence-electron chi connectivity index (χ1n) is 7.31. The van der Waals surface area contributed by atoms with Gasteiger partial charge in [0.05, 0.1) is 0 Å². The maximum absolute atomic E-state index is 3.62. The van der Waals surface area contributed by atoms with E-state index in [1.807, 2.05) is 0 Å². The average molecular weight is 246 g/mol. The number of likely N-dealkylation sites (N-methyl/N-ethyl adjacent to an activating group) is 2. The van der Waals surface area contributed by atoms with Gasteiger partial charge >= 0.3 is 0 Å². The minimum absolute atomic E-state index is 0.678. The minimum atomic E-state index is 0.678. The van der Waals surface area contributed by atoms with E-state index in [1.54, 1.807) is 0 Å². The van der Waals surface area contributed by atoms with Crippen molar-refractivity contribution >= 4 is 0 Å². The van der Waals surface area contributed by atoms with Crippen LogP contribution in [-0.2, 0) is 6.42 Å². The molecule has 0 spiro atoms. The molecule has 1 aromatic carbocycles. The zero-order chi connectivity index (χ0) is 12.8. The molecule has 0 radical (unpaired) electrons. The lowest BCUT2D eigenvalue weighted by Gasteiger charge is -2.37. The summed E-state index contributed by atoms with van der Waals surface area (Å²) >= 11 is 0. The van der Waals surface area contributed by atoms with E-state index in [0.29, 0.717) is 6.04 Å². The van der Waals surface area contributed by atoms with Crippen LogP contribution in [0.25, 0.3) is 0 Å². The van der Waals surface area contributed by atoms with Crippen LogP contribution < -0.4 is 5.32 Å². The summed E-state index contributed by atoms with van der Waals surface area (Å²) in [6.45, 7) is 9.21. The molecular formula is C16H26N2. The second-order valence-corrected chi connectivity index (χ2v) is 5.40. The molecule has 1 N–H and O–H groups in total. The van der Waals surface area contributed by atoms with Crippen LogP contribution in [0.5, 0.6) is 0 Å². The quantitative estimate of drug-likeness (QED) is 0.859. The number of likely N-dealkylation sites (tertiary alicyclic amines) is 1. The van der Waals surface area contributed by atoms with Gasteiger partial charge in [-0.3, -0.25) is 0 Å². The highest BCUT2D eigenvalue weighted by atomic mass is 15.2. The lowest BCUT2D eigenvalue weighted by molar-refractivity contribution is 0.148. The van der Waals surface area contributed by atoms with Crippen LogP contribution in [0, 0.1) is 5.92 Å². The monoisotopic (exact) mass is 246 g/mol. The maximum atomic E-state index is 3.62. The van der Waals surface area contributed by atoms with Crippen molar-refractivity contribution in [2.75, 3.05) is 26.2 Å². The Morgan fingerprint density at radius 2 is 1.94 bits per heavy atom. The Labute approximate surface area is 111 Å². The molecule has 2 atom stereocenters. The Hall–Kier alpha value is -0.860. The molecule has 0 bridgehead atoms. The normalized spacial score (nSPS) is 25.2. The zero-order valence-corrected chi connectivity index (χ0v) is 11.7. The van der Waals surface area contributed by atoms with Crippen LogP contribution in [-0.4, -0.2) is 37.1 Å². The predicted octanol–water partition coefficient (Wildman–Crippen LogP) is 2.55. The molecule has 2 unspecified atom stereocenters. The van der Waals surface area contributed by atoms with Crippen LogP contribution in [0.4, 0.5) is 0 Å². The summed E-state index contributed by atoms with van der Waals surface area (Å²) in [5.74, 6) is 0.796. The van der Waals surface area contributed by atoms with Gasteiger partial charge in [-0.05, 0) is 37.4 Å². The highest BCUT2D eigenvalue weighted by molar-refractivity contribution is 5.15. The molecule has 0 aromatic heterocycles. The van der Waals surface area contributed by atoms with Crippen molar-refractivity contribution < 1.29 is 0 Å². The number of hydrogen-bond acceptors (Lipinski definition) is 2. The van der Waals surface area contributed by atoms with Crippen LogP contribution >= 0.6 is 0 Å². The molecule has 1 aromatic rings. The summed E-state index contributed by atoms with van der Waals surface area (Å²) in [6.07, 6.45) is 2.54. The summed E-state index contributed by atoms with van der Waals surface area (Å²) in [4.78, 5) is 2.59. The van der Waals surface area contributed by atoms with Gasteiger partial charge < -0.3 is 10.2 Å². The molecule has 0 amide bonds. The van der Waals surface area contributed by atoms with Crippen molar-refractivity contribution in [2.45, 2.75) is 32.7 Å². The van der Waals surface area contributed by atoms with Gasteiger partial charge in [0.1, 0.15) is 0 Å². The molecular weight excluding hydrogens is 220 g/mol.